The van der Waals surface area contributed by atoms with Gasteiger partial charge in [0.15, 0.2) is 0 Å². The molecule has 0 saturated heterocycles. The quantitative estimate of drug-likeness (QED) is 0.844. The van der Waals surface area contributed by atoms with Crippen LogP contribution >= 0.6 is 0 Å². The summed E-state index contributed by atoms with van der Waals surface area (Å²) in [6, 6.07) is 3.29. The molecule has 0 saturated carbocycles. The predicted molar refractivity (Wildman–Crippen MR) is 49.1 cm³/mol. The molecule has 0 aliphatic carbocycles. The fraction of sp³-hybridized carbons (Fsp3) is 0.500. The van der Waals surface area contributed by atoms with E-state index in [0.717, 1.165) is 0 Å². The molecule has 15 heavy (non-hydrogen) atoms. The second kappa shape index (κ2) is 5.11. The van der Waals surface area contributed by atoms with Gasteiger partial charge in [0.2, 0.25) is 0 Å². The van der Waals surface area contributed by atoms with Gasteiger partial charge in [0.25, 0.3) is 0 Å². The molecule has 0 aromatic carbocycles. The van der Waals surface area contributed by atoms with Crippen LogP contribution in [-0.4, -0.2) is 16.3 Å². The van der Waals surface area contributed by atoms with E-state index in [9.17, 15) is 18.3 Å². The third-order valence-corrected chi connectivity index (χ3v) is 2.01. The van der Waals surface area contributed by atoms with E-state index in [1.54, 1.807) is 18.3 Å². The Balaban J connectivity index is 2.34. The summed E-state index contributed by atoms with van der Waals surface area (Å²) in [5.74, 6) is 0. The van der Waals surface area contributed by atoms with Crippen molar-refractivity contribution in [3.05, 3.63) is 30.1 Å². The Morgan fingerprint density at radius 3 is 2.67 bits per heavy atom. The second-order valence-electron chi connectivity index (χ2n) is 3.31. The van der Waals surface area contributed by atoms with Crippen molar-refractivity contribution in [3.63, 3.8) is 0 Å². The predicted octanol–water partition coefficient (Wildman–Crippen LogP) is 2.85. The Hall–Kier alpha value is -1.10. The van der Waals surface area contributed by atoms with Crippen LogP contribution in [0.15, 0.2) is 24.5 Å². The summed E-state index contributed by atoms with van der Waals surface area (Å²) < 4.78 is 35.4. The number of aliphatic hydroxyl groups is 1. The third-order valence-electron chi connectivity index (χ3n) is 2.01. The van der Waals surface area contributed by atoms with E-state index in [1.807, 2.05) is 0 Å². The van der Waals surface area contributed by atoms with Crippen LogP contribution in [0, 0.1) is 0 Å². The van der Waals surface area contributed by atoms with Crippen molar-refractivity contribution in [1.29, 1.82) is 0 Å². The molecule has 0 aliphatic heterocycles. The Morgan fingerprint density at radius 2 is 2.13 bits per heavy atom. The monoisotopic (exact) mass is 219 g/mol. The Morgan fingerprint density at radius 1 is 1.40 bits per heavy atom. The summed E-state index contributed by atoms with van der Waals surface area (Å²) in [5.41, 5.74) is 0.555. The molecule has 1 aromatic heterocycles. The Labute approximate surface area is 85.8 Å². The van der Waals surface area contributed by atoms with Crippen LogP contribution in [0.1, 0.15) is 30.9 Å². The van der Waals surface area contributed by atoms with Crippen LogP contribution in [0.25, 0.3) is 0 Å². The smallest absolute Gasteiger partial charge is 0.388 e. The molecule has 1 atom stereocenters. The first-order chi connectivity index (χ1) is 6.99. The summed E-state index contributed by atoms with van der Waals surface area (Å²) >= 11 is 0. The summed E-state index contributed by atoms with van der Waals surface area (Å²) in [7, 11) is 0. The van der Waals surface area contributed by atoms with Gasteiger partial charge < -0.3 is 5.11 Å². The lowest BCUT2D eigenvalue weighted by Gasteiger charge is -2.11. The zero-order valence-corrected chi connectivity index (χ0v) is 8.04. The number of alkyl halides is 3. The van der Waals surface area contributed by atoms with E-state index in [0.29, 0.717) is 5.56 Å². The molecule has 1 N–H and O–H groups in total. The number of halogens is 3. The number of hydrogen-bond acceptors (Lipinski definition) is 2. The van der Waals surface area contributed by atoms with Crippen LogP contribution in [0.2, 0.25) is 0 Å². The maximum absolute atomic E-state index is 11.8. The molecule has 1 unspecified atom stereocenters. The molecule has 0 radical (unpaired) electrons. The number of pyridine rings is 1. The maximum atomic E-state index is 11.8. The van der Waals surface area contributed by atoms with Crippen molar-refractivity contribution < 1.29 is 18.3 Å². The minimum absolute atomic E-state index is 0.0699. The van der Waals surface area contributed by atoms with Gasteiger partial charge in [-0.25, -0.2) is 0 Å². The Bertz CT molecular complexity index is 286. The van der Waals surface area contributed by atoms with Crippen molar-refractivity contribution in [1.82, 2.24) is 4.98 Å². The van der Waals surface area contributed by atoms with E-state index >= 15 is 0 Å². The van der Waals surface area contributed by atoms with Gasteiger partial charge >= 0.3 is 6.18 Å². The average molecular weight is 219 g/mol. The molecule has 0 bridgehead atoms. The second-order valence-corrected chi connectivity index (χ2v) is 3.31. The van der Waals surface area contributed by atoms with Gasteiger partial charge in [-0.1, -0.05) is 6.07 Å². The highest BCUT2D eigenvalue weighted by Gasteiger charge is 2.26. The van der Waals surface area contributed by atoms with Crippen molar-refractivity contribution >= 4 is 0 Å². The molecule has 1 heterocycles. The van der Waals surface area contributed by atoms with Crippen LogP contribution in [0.3, 0.4) is 0 Å². The summed E-state index contributed by atoms with van der Waals surface area (Å²) in [6.07, 6.45) is -2.82. The van der Waals surface area contributed by atoms with Crippen LogP contribution in [-0.2, 0) is 0 Å². The molecule has 0 spiro atoms. The highest BCUT2D eigenvalue weighted by molar-refractivity contribution is 5.11. The molecular weight excluding hydrogens is 207 g/mol. The number of aliphatic hydroxyl groups excluding tert-OH is 1. The average Bonchev–Trinajstić information content (AvgIpc) is 2.17. The topological polar surface area (TPSA) is 33.1 Å². The zero-order valence-electron chi connectivity index (χ0n) is 8.04. The molecule has 2 nitrogen and oxygen atoms in total. The van der Waals surface area contributed by atoms with E-state index in [2.05, 4.69) is 4.98 Å². The minimum Gasteiger partial charge on any atom is -0.388 e. The SMILES string of the molecule is OC(CCCC(F)(F)F)c1cccnc1. The number of rotatable bonds is 4. The number of hydrogen-bond donors (Lipinski definition) is 1. The fourth-order valence-corrected chi connectivity index (χ4v) is 1.24. The molecule has 0 fully saturated rings. The Kier molecular flexibility index (Phi) is 4.08. The van der Waals surface area contributed by atoms with E-state index in [1.165, 1.54) is 6.20 Å². The van der Waals surface area contributed by atoms with Crippen molar-refractivity contribution in [2.45, 2.75) is 31.5 Å². The third kappa shape index (κ3) is 4.78. The van der Waals surface area contributed by atoms with Crippen molar-refractivity contribution in [2.75, 3.05) is 0 Å². The first-order valence-corrected chi connectivity index (χ1v) is 4.64. The van der Waals surface area contributed by atoms with Crippen LogP contribution < -0.4 is 0 Å². The highest BCUT2D eigenvalue weighted by Crippen LogP contribution is 2.25. The van der Waals surface area contributed by atoms with E-state index in [4.69, 9.17) is 0 Å². The van der Waals surface area contributed by atoms with Gasteiger partial charge in [-0.05, 0) is 24.5 Å². The van der Waals surface area contributed by atoms with Gasteiger partial charge in [0, 0.05) is 18.8 Å². The molecule has 0 aliphatic rings. The largest absolute Gasteiger partial charge is 0.389 e. The normalized spacial score (nSPS) is 13.9. The molecule has 5 heteroatoms. The van der Waals surface area contributed by atoms with Gasteiger partial charge in [0.05, 0.1) is 6.10 Å². The summed E-state index contributed by atoms with van der Waals surface area (Å²) in [4.78, 5) is 3.78. The molecule has 0 amide bonds. The summed E-state index contributed by atoms with van der Waals surface area (Å²) in [6.45, 7) is 0. The number of aromatic nitrogens is 1. The van der Waals surface area contributed by atoms with Crippen molar-refractivity contribution in [2.24, 2.45) is 0 Å². The van der Waals surface area contributed by atoms with E-state index in [-0.39, 0.29) is 12.8 Å². The molecule has 84 valence electrons. The highest BCUT2D eigenvalue weighted by atomic mass is 19.4. The molecule has 1 rings (SSSR count). The molecule has 1 aromatic rings. The minimum atomic E-state index is -4.14. The maximum Gasteiger partial charge on any atom is 0.389 e. The van der Waals surface area contributed by atoms with Crippen molar-refractivity contribution in [3.8, 4) is 0 Å². The lowest BCUT2D eigenvalue weighted by Crippen LogP contribution is -2.08. The fourth-order valence-electron chi connectivity index (χ4n) is 1.24. The molecular formula is C10H12F3NO. The zero-order chi connectivity index (χ0) is 11.3. The van der Waals surface area contributed by atoms with Gasteiger partial charge in [-0.15, -0.1) is 0 Å². The van der Waals surface area contributed by atoms with E-state index < -0.39 is 18.7 Å². The first-order valence-electron chi connectivity index (χ1n) is 4.64. The van der Waals surface area contributed by atoms with Gasteiger partial charge in [-0.3, -0.25) is 4.98 Å². The number of nitrogens with zero attached hydrogens (tertiary/aromatic N) is 1. The first kappa shape index (κ1) is 12.0. The standard InChI is InChI=1S/C10H12F3NO/c11-10(12,13)5-1-4-9(15)8-3-2-6-14-7-8/h2-3,6-7,9,15H,1,4-5H2. The van der Waals surface area contributed by atoms with Gasteiger partial charge in [-0.2, -0.15) is 13.2 Å². The van der Waals surface area contributed by atoms with Gasteiger partial charge in [0.1, 0.15) is 0 Å². The van der Waals surface area contributed by atoms with Crippen LogP contribution in [0.4, 0.5) is 13.2 Å². The lowest BCUT2D eigenvalue weighted by atomic mass is 10.1. The summed E-state index contributed by atoms with van der Waals surface area (Å²) in [5, 5.41) is 9.51. The van der Waals surface area contributed by atoms with Crippen LogP contribution in [0.5, 0.6) is 0 Å². The lowest BCUT2D eigenvalue weighted by molar-refractivity contribution is -0.136.